The molecule has 0 fully saturated rings. The number of rotatable bonds is 7. The Labute approximate surface area is 141 Å². The second kappa shape index (κ2) is 8.15. The Kier molecular flexibility index (Phi) is 5.95. The predicted molar refractivity (Wildman–Crippen MR) is 92.6 cm³/mol. The molecule has 2 aromatic carbocycles. The van der Waals surface area contributed by atoms with Crippen LogP contribution >= 0.6 is 0 Å². The van der Waals surface area contributed by atoms with Gasteiger partial charge < -0.3 is 15.2 Å². The number of amides is 1. The lowest BCUT2D eigenvalue weighted by Gasteiger charge is -2.13. The Balaban J connectivity index is 1.99. The number of carboxylic acid groups (broad SMARTS) is 1. The molecule has 0 aliphatic rings. The summed E-state index contributed by atoms with van der Waals surface area (Å²) in [6, 6.07) is 13.6. The van der Waals surface area contributed by atoms with E-state index in [9.17, 15) is 9.59 Å². The Hall–Kier alpha value is -2.82. The van der Waals surface area contributed by atoms with Crippen molar-refractivity contribution in [3.8, 4) is 5.75 Å². The summed E-state index contributed by atoms with van der Waals surface area (Å²) in [7, 11) is 0. The highest BCUT2D eigenvalue weighted by Crippen LogP contribution is 2.18. The lowest BCUT2D eigenvalue weighted by Crippen LogP contribution is -2.16. The summed E-state index contributed by atoms with van der Waals surface area (Å²) in [5.74, 6) is -0.553. The molecule has 5 nitrogen and oxygen atoms in total. The second-order valence-corrected chi connectivity index (χ2v) is 5.55. The first kappa shape index (κ1) is 17.5. The van der Waals surface area contributed by atoms with Crippen molar-refractivity contribution in [3.63, 3.8) is 0 Å². The van der Waals surface area contributed by atoms with Crippen molar-refractivity contribution >= 4 is 17.6 Å². The normalized spacial score (nSPS) is 11.6. The smallest absolute Gasteiger partial charge is 0.335 e. The third-order valence-electron chi connectivity index (χ3n) is 3.65. The van der Waals surface area contributed by atoms with Gasteiger partial charge in [-0.05, 0) is 49.2 Å². The van der Waals surface area contributed by atoms with Gasteiger partial charge in [-0.3, -0.25) is 4.79 Å². The van der Waals surface area contributed by atoms with E-state index in [-0.39, 0.29) is 24.0 Å². The molecule has 2 rings (SSSR count). The minimum Gasteiger partial charge on any atom is -0.491 e. The number of ether oxygens (including phenoxy) is 1. The van der Waals surface area contributed by atoms with Crippen LogP contribution in [0.1, 0.15) is 36.2 Å². The van der Waals surface area contributed by atoms with Gasteiger partial charge in [-0.15, -0.1) is 0 Å². The number of aromatic carboxylic acids is 1. The molecule has 1 unspecified atom stereocenters. The summed E-state index contributed by atoms with van der Waals surface area (Å²) in [5.41, 5.74) is 1.27. The highest BCUT2D eigenvalue weighted by Gasteiger charge is 2.12. The van der Waals surface area contributed by atoms with E-state index in [0.717, 1.165) is 12.2 Å². The Morgan fingerprint density at radius 3 is 2.42 bits per heavy atom. The molecule has 0 aliphatic heterocycles. The lowest BCUT2D eigenvalue weighted by molar-refractivity contribution is -0.115. The van der Waals surface area contributed by atoms with Gasteiger partial charge in [0.05, 0.1) is 18.1 Å². The number of carbonyl (C=O) groups is 2. The van der Waals surface area contributed by atoms with Gasteiger partial charge in [-0.25, -0.2) is 4.79 Å². The van der Waals surface area contributed by atoms with Gasteiger partial charge in [0.25, 0.3) is 0 Å². The summed E-state index contributed by atoms with van der Waals surface area (Å²) < 4.78 is 5.68. The molecule has 126 valence electrons. The van der Waals surface area contributed by atoms with Gasteiger partial charge >= 0.3 is 5.97 Å². The molecule has 0 aliphatic carbocycles. The zero-order chi connectivity index (χ0) is 17.5. The van der Waals surface area contributed by atoms with Crippen molar-refractivity contribution in [1.82, 2.24) is 0 Å². The van der Waals surface area contributed by atoms with E-state index in [4.69, 9.17) is 9.84 Å². The number of hydrogen-bond donors (Lipinski definition) is 2. The number of carboxylic acids is 1. The fourth-order valence-corrected chi connectivity index (χ4v) is 2.19. The van der Waals surface area contributed by atoms with Crippen molar-refractivity contribution in [3.05, 3.63) is 59.7 Å². The Morgan fingerprint density at radius 1 is 1.12 bits per heavy atom. The highest BCUT2D eigenvalue weighted by molar-refractivity contribution is 5.96. The molecule has 0 spiro atoms. The maximum absolute atomic E-state index is 12.1. The first-order chi connectivity index (χ1) is 11.5. The van der Waals surface area contributed by atoms with Gasteiger partial charge in [0.2, 0.25) is 5.91 Å². The van der Waals surface area contributed by atoms with E-state index in [2.05, 4.69) is 5.32 Å². The molecule has 0 aromatic heterocycles. The van der Waals surface area contributed by atoms with Crippen molar-refractivity contribution in [1.29, 1.82) is 0 Å². The second-order valence-electron chi connectivity index (χ2n) is 5.55. The standard InChI is InChI=1S/C19H21NO4/c1-3-13(2)24-16-10-8-15(9-11-16)20-18(21)12-14-6-4-5-7-17(14)19(22)23/h4-11,13H,3,12H2,1-2H3,(H,20,21)(H,22,23). The Morgan fingerprint density at radius 2 is 1.79 bits per heavy atom. The molecule has 0 heterocycles. The van der Waals surface area contributed by atoms with E-state index >= 15 is 0 Å². The summed E-state index contributed by atoms with van der Waals surface area (Å²) in [6.07, 6.45) is 1.06. The monoisotopic (exact) mass is 327 g/mol. The average Bonchev–Trinajstić information content (AvgIpc) is 2.56. The van der Waals surface area contributed by atoms with Crippen molar-refractivity contribution < 1.29 is 19.4 Å². The highest BCUT2D eigenvalue weighted by atomic mass is 16.5. The molecular formula is C19H21NO4. The molecule has 2 N–H and O–H groups in total. The summed E-state index contributed by atoms with van der Waals surface area (Å²) >= 11 is 0. The molecule has 1 amide bonds. The summed E-state index contributed by atoms with van der Waals surface area (Å²) in [5, 5.41) is 11.9. The average molecular weight is 327 g/mol. The number of hydrogen-bond acceptors (Lipinski definition) is 3. The molecule has 24 heavy (non-hydrogen) atoms. The Bertz CT molecular complexity index is 710. The van der Waals surface area contributed by atoms with Crippen LogP contribution in [0.4, 0.5) is 5.69 Å². The minimum absolute atomic E-state index is 0.00753. The van der Waals surface area contributed by atoms with Crippen LogP contribution in [0.2, 0.25) is 0 Å². The van der Waals surface area contributed by atoms with Crippen LogP contribution in [0, 0.1) is 0 Å². The largest absolute Gasteiger partial charge is 0.491 e. The molecule has 0 bridgehead atoms. The first-order valence-corrected chi connectivity index (χ1v) is 7.87. The SMILES string of the molecule is CCC(C)Oc1ccc(NC(=O)Cc2ccccc2C(=O)O)cc1. The topological polar surface area (TPSA) is 75.6 Å². The molecular weight excluding hydrogens is 306 g/mol. The third-order valence-corrected chi connectivity index (χ3v) is 3.65. The van der Waals surface area contributed by atoms with Crippen molar-refractivity contribution in [2.45, 2.75) is 32.8 Å². The number of carbonyl (C=O) groups excluding carboxylic acids is 1. The number of nitrogens with one attached hydrogen (secondary N) is 1. The molecule has 0 saturated heterocycles. The van der Waals surface area contributed by atoms with Crippen LogP contribution in [0.3, 0.4) is 0 Å². The molecule has 0 saturated carbocycles. The fraction of sp³-hybridized carbons (Fsp3) is 0.263. The van der Waals surface area contributed by atoms with Gasteiger partial charge in [-0.2, -0.15) is 0 Å². The van der Waals surface area contributed by atoms with Crippen LogP contribution < -0.4 is 10.1 Å². The maximum atomic E-state index is 12.1. The maximum Gasteiger partial charge on any atom is 0.335 e. The van der Waals surface area contributed by atoms with E-state index in [0.29, 0.717) is 11.3 Å². The van der Waals surface area contributed by atoms with Crippen LogP contribution in [0.15, 0.2) is 48.5 Å². The van der Waals surface area contributed by atoms with Crippen LogP contribution in [-0.2, 0) is 11.2 Å². The first-order valence-electron chi connectivity index (χ1n) is 7.87. The zero-order valence-electron chi connectivity index (χ0n) is 13.8. The van der Waals surface area contributed by atoms with E-state index in [1.165, 1.54) is 6.07 Å². The lowest BCUT2D eigenvalue weighted by atomic mass is 10.0. The molecule has 0 radical (unpaired) electrons. The van der Waals surface area contributed by atoms with Gasteiger partial charge in [-0.1, -0.05) is 25.1 Å². The van der Waals surface area contributed by atoms with E-state index in [1.807, 2.05) is 13.8 Å². The quantitative estimate of drug-likeness (QED) is 0.812. The summed E-state index contributed by atoms with van der Waals surface area (Å²) in [6.45, 7) is 4.05. The minimum atomic E-state index is -1.04. The van der Waals surface area contributed by atoms with Crippen molar-refractivity contribution in [2.24, 2.45) is 0 Å². The van der Waals surface area contributed by atoms with Crippen LogP contribution in [0.25, 0.3) is 0 Å². The zero-order valence-corrected chi connectivity index (χ0v) is 13.8. The molecule has 2 aromatic rings. The van der Waals surface area contributed by atoms with Crippen molar-refractivity contribution in [2.75, 3.05) is 5.32 Å². The van der Waals surface area contributed by atoms with Gasteiger partial charge in [0.15, 0.2) is 0 Å². The number of benzene rings is 2. The van der Waals surface area contributed by atoms with Gasteiger partial charge in [0, 0.05) is 5.69 Å². The van der Waals surface area contributed by atoms with Crippen LogP contribution in [0.5, 0.6) is 5.75 Å². The summed E-state index contributed by atoms with van der Waals surface area (Å²) in [4.78, 5) is 23.3. The predicted octanol–water partition coefficient (Wildman–Crippen LogP) is 3.74. The molecule has 1 atom stereocenters. The number of anilines is 1. The van der Waals surface area contributed by atoms with Crippen LogP contribution in [-0.4, -0.2) is 23.1 Å². The van der Waals surface area contributed by atoms with Gasteiger partial charge in [0.1, 0.15) is 5.75 Å². The fourth-order valence-electron chi connectivity index (χ4n) is 2.19. The third kappa shape index (κ3) is 4.84. The molecule has 5 heteroatoms. The van der Waals surface area contributed by atoms with E-state index < -0.39 is 5.97 Å². The van der Waals surface area contributed by atoms with E-state index in [1.54, 1.807) is 42.5 Å².